The minimum absolute atomic E-state index is 0.0364. The average molecular weight is 372 g/mol. The second kappa shape index (κ2) is 7.47. The van der Waals surface area contributed by atoms with Crippen LogP contribution in [0.3, 0.4) is 0 Å². The highest BCUT2D eigenvalue weighted by Crippen LogP contribution is 2.39. The van der Waals surface area contributed by atoms with E-state index in [0.29, 0.717) is 6.54 Å². The van der Waals surface area contributed by atoms with Crippen LogP contribution in [0.25, 0.3) is 11.3 Å². The molecule has 2 aliphatic rings. The van der Waals surface area contributed by atoms with Crippen LogP contribution in [0, 0.1) is 0 Å². The fourth-order valence-corrected chi connectivity index (χ4v) is 5.20. The van der Waals surface area contributed by atoms with E-state index in [0.717, 1.165) is 61.6 Å². The number of hydrogen-bond donors (Lipinski definition) is 1. The predicted octanol–water partition coefficient (Wildman–Crippen LogP) is 2.76. The first-order valence-corrected chi connectivity index (χ1v) is 10.3. The molecule has 1 spiro atoms. The lowest BCUT2D eigenvalue weighted by atomic mass is 9.85. The number of carbonyl (C=O) groups excluding carboxylic acids is 1. The Kier molecular flexibility index (Phi) is 5.07. The molecule has 1 aromatic heterocycles. The van der Waals surface area contributed by atoms with Crippen LogP contribution in [0.1, 0.15) is 30.7 Å². The highest BCUT2D eigenvalue weighted by atomic mass is 32.1. The van der Waals surface area contributed by atoms with Crippen LogP contribution in [-0.4, -0.2) is 57.6 Å². The normalized spacial score (nSPS) is 23.9. The van der Waals surface area contributed by atoms with Gasteiger partial charge in [0.2, 0.25) is 5.91 Å². The van der Waals surface area contributed by atoms with Crippen LogP contribution < -0.4 is 0 Å². The van der Waals surface area contributed by atoms with Gasteiger partial charge in [-0.2, -0.15) is 0 Å². The number of carbonyl (C=O) groups is 1. The number of benzene rings is 1. The highest BCUT2D eigenvalue weighted by Gasteiger charge is 2.50. The van der Waals surface area contributed by atoms with Crippen molar-refractivity contribution in [3.63, 3.8) is 0 Å². The third kappa shape index (κ3) is 3.17. The van der Waals surface area contributed by atoms with Gasteiger partial charge in [-0.05, 0) is 32.2 Å². The molecule has 3 heterocycles. The SMILES string of the molecule is O=C1N(CCO)CCCC12CCCN2Cc1nc(-c2ccccc2)cs1. The molecule has 4 rings (SSSR count). The zero-order valence-corrected chi connectivity index (χ0v) is 15.7. The zero-order valence-electron chi connectivity index (χ0n) is 14.9. The molecular formula is C20H25N3O2S. The molecule has 5 nitrogen and oxygen atoms in total. The van der Waals surface area contributed by atoms with Gasteiger partial charge < -0.3 is 10.0 Å². The van der Waals surface area contributed by atoms with Gasteiger partial charge in [0, 0.05) is 24.0 Å². The molecule has 1 atom stereocenters. The molecule has 6 heteroatoms. The van der Waals surface area contributed by atoms with E-state index >= 15 is 0 Å². The van der Waals surface area contributed by atoms with Gasteiger partial charge in [-0.1, -0.05) is 30.3 Å². The van der Waals surface area contributed by atoms with Gasteiger partial charge in [0.25, 0.3) is 0 Å². The van der Waals surface area contributed by atoms with E-state index in [-0.39, 0.29) is 18.1 Å². The lowest BCUT2D eigenvalue weighted by Crippen LogP contribution is -2.60. The van der Waals surface area contributed by atoms with Crippen molar-refractivity contribution >= 4 is 17.2 Å². The van der Waals surface area contributed by atoms with Crippen molar-refractivity contribution < 1.29 is 9.90 Å². The lowest BCUT2D eigenvalue weighted by Gasteiger charge is -2.44. The van der Waals surface area contributed by atoms with Crippen molar-refractivity contribution in [1.29, 1.82) is 0 Å². The van der Waals surface area contributed by atoms with Crippen molar-refractivity contribution in [2.24, 2.45) is 0 Å². The minimum Gasteiger partial charge on any atom is -0.395 e. The predicted molar refractivity (Wildman–Crippen MR) is 103 cm³/mol. The van der Waals surface area contributed by atoms with Gasteiger partial charge in [0.15, 0.2) is 0 Å². The first kappa shape index (κ1) is 17.6. The molecule has 0 saturated carbocycles. The highest BCUT2D eigenvalue weighted by molar-refractivity contribution is 7.09. The Morgan fingerprint density at radius 1 is 1.15 bits per heavy atom. The van der Waals surface area contributed by atoms with E-state index in [2.05, 4.69) is 22.4 Å². The van der Waals surface area contributed by atoms with Crippen LogP contribution in [0.4, 0.5) is 0 Å². The molecule has 2 aliphatic heterocycles. The van der Waals surface area contributed by atoms with Crippen molar-refractivity contribution in [3.05, 3.63) is 40.7 Å². The Hall–Kier alpha value is -1.76. The number of piperidine rings is 1. The summed E-state index contributed by atoms with van der Waals surface area (Å²) in [7, 11) is 0. The van der Waals surface area contributed by atoms with Gasteiger partial charge in [-0.3, -0.25) is 9.69 Å². The first-order valence-electron chi connectivity index (χ1n) is 9.38. The summed E-state index contributed by atoms with van der Waals surface area (Å²) in [5, 5.41) is 12.4. The van der Waals surface area contributed by atoms with Gasteiger partial charge in [-0.25, -0.2) is 4.98 Å². The summed E-state index contributed by atoms with van der Waals surface area (Å²) in [6.45, 7) is 2.93. The van der Waals surface area contributed by atoms with Crippen LogP contribution in [0.5, 0.6) is 0 Å². The molecule has 2 aromatic rings. The molecule has 1 aromatic carbocycles. The molecule has 0 aliphatic carbocycles. The van der Waals surface area contributed by atoms with E-state index in [1.807, 2.05) is 23.1 Å². The molecule has 2 saturated heterocycles. The number of hydrogen-bond acceptors (Lipinski definition) is 5. The van der Waals surface area contributed by atoms with Gasteiger partial charge in [-0.15, -0.1) is 11.3 Å². The maximum Gasteiger partial charge on any atom is 0.243 e. The smallest absolute Gasteiger partial charge is 0.243 e. The molecule has 1 unspecified atom stereocenters. The maximum atomic E-state index is 13.1. The summed E-state index contributed by atoms with van der Waals surface area (Å²) < 4.78 is 0. The summed E-state index contributed by atoms with van der Waals surface area (Å²) in [6.07, 6.45) is 3.90. The number of aliphatic hydroxyl groups excluding tert-OH is 1. The average Bonchev–Trinajstić information content (AvgIpc) is 3.29. The number of aromatic nitrogens is 1. The molecule has 2 fully saturated rings. The Morgan fingerprint density at radius 2 is 1.92 bits per heavy atom. The standard InChI is InChI=1S/C20H25N3O2S/c24-13-12-22-10-4-8-20(19(22)25)9-5-11-23(20)14-18-21-17(15-26-18)16-6-2-1-3-7-16/h1-3,6-7,15,24H,4-5,8-14H2. The Bertz CT molecular complexity index is 761. The van der Waals surface area contributed by atoms with Crippen molar-refractivity contribution in [3.8, 4) is 11.3 Å². The monoisotopic (exact) mass is 371 g/mol. The van der Waals surface area contributed by atoms with Gasteiger partial charge in [0.05, 0.1) is 18.8 Å². The number of rotatable bonds is 5. The first-order chi connectivity index (χ1) is 12.7. The number of nitrogens with zero attached hydrogens (tertiary/aromatic N) is 3. The lowest BCUT2D eigenvalue weighted by molar-refractivity contribution is -0.148. The van der Waals surface area contributed by atoms with E-state index in [1.165, 1.54) is 0 Å². The third-order valence-corrected chi connectivity index (χ3v) is 6.48. The molecule has 1 N–H and O–H groups in total. The minimum atomic E-state index is -0.383. The summed E-state index contributed by atoms with van der Waals surface area (Å²) >= 11 is 1.67. The number of amides is 1. The molecular weight excluding hydrogens is 346 g/mol. The number of β-amino-alcohol motifs (C(OH)–C–C–N with tert-alkyl or cyclic N) is 1. The van der Waals surface area contributed by atoms with Crippen molar-refractivity contribution in [2.45, 2.75) is 37.8 Å². The van der Waals surface area contributed by atoms with Crippen LogP contribution in [-0.2, 0) is 11.3 Å². The molecule has 138 valence electrons. The second-order valence-electron chi connectivity index (χ2n) is 7.17. The van der Waals surface area contributed by atoms with Crippen LogP contribution in [0.15, 0.2) is 35.7 Å². The fraction of sp³-hybridized carbons (Fsp3) is 0.500. The molecule has 26 heavy (non-hydrogen) atoms. The van der Waals surface area contributed by atoms with Crippen LogP contribution >= 0.6 is 11.3 Å². The molecule has 0 radical (unpaired) electrons. The largest absolute Gasteiger partial charge is 0.395 e. The number of likely N-dealkylation sites (tertiary alicyclic amines) is 2. The Morgan fingerprint density at radius 3 is 2.69 bits per heavy atom. The Balaban J connectivity index is 1.53. The molecule has 1 amide bonds. The number of aliphatic hydroxyl groups is 1. The fourth-order valence-electron chi connectivity index (χ4n) is 4.38. The quantitative estimate of drug-likeness (QED) is 0.878. The van der Waals surface area contributed by atoms with Crippen molar-refractivity contribution in [1.82, 2.24) is 14.8 Å². The topological polar surface area (TPSA) is 56.7 Å². The van der Waals surface area contributed by atoms with E-state index < -0.39 is 0 Å². The molecule has 0 bridgehead atoms. The summed E-state index contributed by atoms with van der Waals surface area (Å²) in [5.41, 5.74) is 1.76. The maximum absolute atomic E-state index is 13.1. The van der Waals surface area contributed by atoms with Gasteiger partial charge in [0.1, 0.15) is 10.5 Å². The van der Waals surface area contributed by atoms with Gasteiger partial charge >= 0.3 is 0 Å². The summed E-state index contributed by atoms with van der Waals surface area (Å²) in [5.74, 6) is 0.204. The zero-order chi connectivity index (χ0) is 18.0. The second-order valence-corrected chi connectivity index (χ2v) is 8.11. The van der Waals surface area contributed by atoms with E-state index in [9.17, 15) is 9.90 Å². The van der Waals surface area contributed by atoms with E-state index in [1.54, 1.807) is 11.3 Å². The van der Waals surface area contributed by atoms with Crippen molar-refractivity contribution in [2.75, 3.05) is 26.2 Å². The van der Waals surface area contributed by atoms with Crippen LogP contribution in [0.2, 0.25) is 0 Å². The number of thiazole rings is 1. The van der Waals surface area contributed by atoms with E-state index in [4.69, 9.17) is 4.98 Å². The summed E-state index contributed by atoms with van der Waals surface area (Å²) in [6, 6.07) is 10.2. The summed E-state index contributed by atoms with van der Waals surface area (Å²) in [4.78, 5) is 22.1. The third-order valence-electron chi connectivity index (χ3n) is 5.64. The Labute approximate surface area is 158 Å².